The zero-order chi connectivity index (χ0) is 18.3. The molecule has 8 nitrogen and oxygen atoms in total. The summed E-state index contributed by atoms with van der Waals surface area (Å²) < 4.78 is 8.61. The lowest BCUT2D eigenvalue weighted by atomic mass is 9.96. The Bertz CT molecular complexity index is 879. The highest BCUT2D eigenvalue weighted by Crippen LogP contribution is 2.24. The van der Waals surface area contributed by atoms with E-state index < -0.39 is 0 Å². The predicted octanol–water partition coefficient (Wildman–Crippen LogP) is 1.57. The van der Waals surface area contributed by atoms with Crippen molar-refractivity contribution in [1.29, 1.82) is 0 Å². The quantitative estimate of drug-likeness (QED) is 0.831. The molecule has 1 saturated heterocycles. The van der Waals surface area contributed by atoms with Crippen molar-refractivity contribution >= 4 is 17.4 Å². The number of nitrogens with zero attached hydrogens (tertiary/aromatic N) is 5. The molecule has 0 unspecified atom stereocenters. The normalized spacial score (nSPS) is 18.5. The summed E-state index contributed by atoms with van der Waals surface area (Å²) in [5.74, 6) is 1.72. The summed E-state index contributed by atoms with van der Waals surface area (Å²) in [7, 11) is 0. The first-order chi connectivity index (χ1) is 12.6. The number of imidazole rings is 1. The maximum atomic E-state index is 12.9. The molecule has 0 N–H and O–H groups in total. The Morgan fingerprint density at radius 2 is 2.08 bits per heavy atom. The Labute approximate surface area is 151 Å². The predicted molar refractivity (Wildman–Crippen MR) is 96.5 cm³/mol. The number of carbonyl (C=O) groups is 1. The highest BCUT2D eigenvalue weighted by molar-refractivity contribution is 5.92. The van der Waals surface area contributed by atoms with Gasteiger partial charge in [-0.2, -0.15) is 0 Å². The van der Waals surface area contributed by atoms with E-state index >= 15 is 0 Å². The molecule has 1 fully saturated rings. The van der Waals surface area contributed by atoms with Gasteiger partial charge in [0.2, 0.25) is 11.9 Å². The lowest BCUT2D eigenvalue weighted by Crippen LogP contribution is -2.44. The van der Waals surface area contributed by atoms with Crippen LogP contribution in [0.5, 0.6) is 0 Å². The van der Waals surface area contributed by atoms with Gasteiger partial charge in [-0.05, 0) is 25.2 Å². The van der Waals surface area contributed by atoms with Gasteiger partial charge in [-0.3, -0.25) is 19.1 Å². The Morgan fingerprint density at radius 1 is 1.31 bits per heavy atom. The molecule has 26 heavy (non-hydrogen) atoms. The number of hydrogen-bond donors (Lipinski definition) is 0. The molecule has 2 aliphatic rings. The summed E-state index contributed by atoms with van der Waals surface area (Å²) in [6.07, 6.45) is 4.66. The first-order valence-electron chi connectivity index (χ1n) is 9.43. The second-order valence-corrected chi connectivity index (χ2v) is 7.48. The van der Waals surface area contributed by atoms with Crippen molar-refractivity contribution in [3.05, 3.63) is 22.4 Å². The van der Waals surface area contributed by atoms with Crippen molar-refractivity contribution in [2.45, 2.75) is 52.0 Å². The van der Waals surface area contributed by atoms with E-state index in [1.807, 2.05) is 13.8 Å². The molecule has 1 amide bonds. The Kier molecular flexibility index (Phi) is 4.52. The number of fused-ring (bicyclic) bond motifs is 2. The molecule has 0 aliphatic carbocycles. The molecular formula is C18H25N5O3. The molecule has 4 heterocycles. The summed E-state index contributed by atoms with van der Waals surface area (Å²) in [6.45, 7) is 6.66. The van der Waals surface area contributed by atoms with Gasteiger partial charge >= 0.3 is 0 Å². The van der Waals surface area contributed by atoms with Crippen LogP contribution in [0.3, 0.4) is 0 Å². The first-order valence-corrected chi connectivity index (χ1v) is 9.43. The van der Waals surface area contributed by atoms with Gasteiger partial charge in [0.05, 0.1) is 6.20 Å². The molecule has 0 aromatic carbocycles. The summed E-state index contributed by atoms with van der Waals surface area (Å²) >= 11 is 0. The molecule has 2 aromatic heterocycles. The van der Waals surface area contributed by atoms with E-state index in [4.69, 9.17) is 4.74 Å². The molecular weight excluding hydrogens is 334 g/mol. The van der Waals surface area contributed by atoms with E-state index in [-0.39, 0.29) is 17.4 Å². The minimum absolute atomic E-state index is 0.0443. The fraction of sp³-hybridized carbons (Fsp3) is 0.667. The van der Waals surface area contributed by atoms with Crippen LogP contribution >= 0.6 is 0 Å². The van der Waals surface area contributed by atoms with E-state index in [2.05, 4.69) is 10.1 Å². The van der Waals surface area contributed by atoms with Gasteiger partial charge in [0.15, 0.2) is 5.52 Å². The van der Waals surface area contributed by atoms with Gasteiger partial charge in [-0.15, -0.1) is 5.10 Å². The third-order valence-electron chi connectivity index (χ3n) is 5.29. The topological polar surface area (TPSA) is 81.7 Å². The maximum Gasteiger partial charge on any atom is 0.280 e. The standard InChI is InChI=1S/C18H25N5O3/c1-12(2)16-19-11-14-17(25)22-7-3-6-21(18(22)20-23(14)16)15(24)10-13-4-8-26-9-5-13/h11-13H,3-10H2,1-2H3. The van der Waals surface area contributed by atoms with Crippen LogP contribution in [0.25, 0.3) is 5.52 Å². The zero-order valence-corrected chi connectivity index (χ0v) is 15.3. The number of carbonyl (C=O) groups excluding carboxylic acids is 1. The molecule has 140 valence electrons. The second-order valence-electron chi connectivity index (χ2n) is 7.48. The Hall–Kier alpha value is -2.22. The van der Waals surface area contributed by atoms with Crippen molar-refractivity contribution in [3.63, 3.8) is 0 Å². The largest absolute Gasteiger partial charge is 0.381 e. The van der Waals surface area contributed by atoms with E-state index in [9.17, 15) is 9.59 Å². The Balaban J connectivity index is 1.71. The fourth-order valence-corrected chi connectivity index (χ4v) is 3.81. The SMILES string of the molecule is CC(C)c1ncc2c(=O)n3c(nn12)N(C(=O)CC1CCOCC1)CCC3. The number of hydrogen-bond acceptors (Lipinski definition) is 5. The van der Waals surface area contributed by atoms with Crippen LogP contribution in [-0.4, -0.2) is 44.8 Å². The number of rotatable bonds is 3. The first kappa shape index (κ1) is 17.2. The van der Waals surface area contributed by atoms with Crippen molar-refractivity contribution in [2.24, 2.45) is 5.92 Å². The van der Waals surface area contributed by atoms with Crippen molar-refractivity contribution in [1.82, 2.24) is 19.2 Å². The van der Waals surface area contributed by atoms with Gasteiger partial charge in [0.1, 0.15) is 5.82 Å². The molecule has 0 spiro atoms. The summed E-state index contributed by atoms with van der Waals surface area (Å²) in [6, 6.07) is 0. The minimum atomic E-state index is -0.127. The summed E-state index contributed by atoms with van der Waals surface area (Å²) in [5.41, 5.74) is 0.342. The smallest absolute Gasteiger partial charge is 0.280 e. The molecule has 8 heteroatoms. The van der Waals surface area contributed by atoms with E-state index in [1.54, 1.807) is 20.2 Å². The number of amides is 1. The van der Waals surface area contributed by atoms with Crippen molar-refractivity contribution in [3.8, 4) is 0 Å². The third kappa shape index (κ3) is 2.92. The second kappa shape index (κ2) is 6.83. The van der Waals surface area contributed by atoms with E-state index in [1.165, 1.54) is 0 Å². The lowest BCUT2D eigenvalue weighted by Gasteiger charge is -2.31. The monoisotopic (exact) mass is 359 g/mol. The molecule has 2 aliphatic heterocycles. The van der Waals surface area contributed by atoms with Gasteiger partial charge in [-0.25, -0.2) is 9.50 Å². The van der Waals surface area contributed by atoms with E-state index in [0.717, 1.165) is 38.3 Å². The molecule has 0 radical (unpaired) electrons. The zero-order valence-electron chi connectivity index (χ0n) is 15.3. The van der Waals surface area contributed by atoms with Crippen molar-refractivity contribution < 1.29 is 9.53 Å². The lowest BCUT2D eigenvalue weighted by molar-refractivity contribution is -0.120. The van der Waals surface area contributed by atoms with Gasteiger partial charge < -0.3 is 4.74 Å². The van der Waals surface area contributed by atoms with Crippen molar-refractivity contribution in [2.75, 3.05) is 24.7 Å². The van der Waals surface area contributed by atoms with Crippen LogP contribution in [-0.2, 0) is 16.1 Å². The molecule has 0 saturated carbocycles. The van der Waals surface area contributed by atoms with Crippen LogP contribution < -0.4 is 10.5 Å². The Morgan fingerprint density at radius 3 is 2.81 bits per heavy atom. The average Bonchev–Trinajstić information content (AvgIpc) is 3.07. The number of aromatic nitrogens is 4. The van der Waals surface area contributed by atoms with Crippen LogP contribution in [0.4, 0.5) is 5.95 Å². The van der Waals surface area contributed by atoms with Gasteiger partial charge in [-0.1, -0.05) is 13.8 Å². The van der Waals surface area contributed by atoms with Gasteiger partial charge in [0, 0.05) is 38.6 Å². The molecule has 4 rings (SSSR count). The third-order valence-corrected chi connectivity index (χ3v) is 5.29. The van der Waals surface area contributed by atoms with Crippen LogP contribution in [0.2, 0.25) is 0 Å². The van der Waals surface area contributed by atoms with Crippen LogP contribution in [0.15, 0.2) is 11.0 Å². The summed E-state index contributed by atoms with van der Waals surface area (Å²) in [4.78, 5) is 31.9. The highest BCUT2D eigenvalue weighted by Gasteiger charge is 2.29. The fourth-order valence-electron chi connectivity index (χ4n) is 3.81. The highest BCUT2D eigenvalue weighted by atomic mass is 16.5. The minimum Gasteiger partial charge on any atom is -0.381 e. The van der Waals surface area contributed by atoms with Crippen LogP contribution in [0.1, 0.15) is 51.3 Å². The molecule has 2 aromatic rings. The van der Waals surface area contributed by atoms with Gasteiger partial charge in [0.25, 0.3) is 5.56 Å². The maximum absolute atomic E-state index is 12.9. The average molecular weight is 359 g/mol. The number of ether oxygens (including phenoxy) is 1. The van der Waals surface area contributed by atoms with Crippen LogP contribution in [0, 0.1) is 5.92 Å². The molecule has 0 bridgehead atoms. The molecule has 0 atom stereocenters. The number of anilines is 1. The summed E-state index contributed by atoms with van der Waals surface area (Å²) in [5, 5.41) is 4.65. The van der Waals surface area contributed by atoms with E-state index in [0.29, 0.717) is 36.9 Å².